The molecule has 0 aliphatic carbocycles. The lowest BCUT2D eigenvalue weighted by molar-refractivity contribution is -0.385. The molecule has 6 heteroatoms. The highest BCUT2D eigenvalue weighted by atomic mass is 79.9. The van der Waals surface area contributed by atoms with Crippen LogP contribution in [-0.4, -0.2) is 4.92 Å². The number of aryl methyl sites for hydroxylation is 1. The molecule has 1 N–H and O–H groups in total. The lowest BCUT2D eigenvalue weighted by atomic mass is 10.1. The third kappa shape index (κ3) is 3.29. The molecule has 0 radical (unpaired) electrons. The summed E-state index contributed by atoms with van der Waals surface area (Å²) in [5, 5.41) is 14.5. The van der Waals surface area contributed by atoms with Gasteiger partial charge in [0.15, 0.2) is 0 Å². The molecule has 4 nitrogen and oxygen atoms in total. The first-order valence-corrected chi connectivity index (χ1v) is 7.08. The number of hydrogen-bond acceptors (Lipinski definition) is 3. The number of rotatable bonds is 4. The van der Waals surface area contributed by atoms with E-state index in [-0.39, 0.29) is 12.2 Å². The van der Waals surface area contributed by atoms with Crippen molar-refractivity contribution < 1.29 is 4.92 Å². The summed E-state index contributed by atoms with van der Waals surface area (Å²) in [4.78, 5) is 10.6. The fraction of sp³-hybridized carbons (Fsp3) is 0.143. The third-order valence-corrected chi connectivity index (χ3v) is 3.88. The summed E-state index contributed by atoms with van der Waals surface area (Å²) >= 11 is 9.51. The van der Waals surface area contributed by atoms with Crippen LogP contribution in [-0.2, 0) is 6.54 Å². The Bertz CT molecular complexity index is 662. The molecule has 0 unspecified atom stereocenters. The Morgan fingerprint density at radius 1 is 1.35 bits per heavy atom. The molecule has 0 bridgehead atoms. The van der Waals surface area contributed by atoms with Crippen molar-refractivity contribution in [2.45, 2.75) is 13.5 Å². The highest BCUT2D eigenvalue weighted by molar-refractivity contribution is 9.10. The van der Waals surface area contributed by atoms with E-state index in [1.54, 1.807) is 12.1 Å². The Kier molecular flexibility index (Phi) is 4.62. The van der Waals surface area contributed by atoms with Gasteiger partial charge < -0.3 is 5.32 Å². The highest BCUT2D eigenvalue weighted by Gasteiger charge is 2.16. The summed E-state index contributed by atoms with van der Waals surface area (Å²) in [7, 11) is 0. The molecule has 0 amide bonds. The fourth-order valence-electron chi connectivity index (χ4n) is 1.84. The Morgan fingerprint density at radius 2 is 2.10 bits per heavy atom. The molecule has 0 spiro atoms. The first kappa shape index (κ1) is 14.8. The minimum absolute atomic E-state index is 0.0215. The zero-order chi connectivity index (χ0) is 14.7. The van der Waals surface area contributed by atoms with E-state index in [4.69, 9.17) is 11.6 Å². The summed E-state index contributed by atoms with van der Waals surface area (Å²) in [6.45, 7) is 2.28. The van der Waals surface area contributed by atoms with Gasteiger partial charge in [-0.2, -0.15) is 0 Å². The SMILES string of the molecule is Cc1ccc(NCc2c(Cl)cccc2[N+](=O)[O-])c(Br)c1. The smallest absolute Gasteiger partial charge is 0.275 e. The van der Waals surface area contributed by atoms with Crippen molar-refractivity contribution in [3.05, 3.63) is 67.1 Å². The maximum absolute atomic E-state index is 11.0. The maximum Gasteiger partial charge on any atom is 0.275 e. The number of anilines is 1. The maximum atomic E-state index is 11.0. The molecule has 2 aromatic carbocycles. The van der Waals surface area contributed by atoms with Gasteiger partial charge in [-0.05, 0) is 46.6 Å². The van der Waals surface area contributed by atoms with E-state index in [0.29, 0.717) is 10.6 Å². The van der Waals surface area contributed by atoms with Crippen molar-refractivity contribution in [2.24, 2.45) is 0 Å². The number of nitro groups is 1. The summed E-state index contributed by atoms with van der Waals surface area (Å²) < 4.78 is 0.909. The highest BCUT2D eigenvalue weighted by Crippen LogP contribution is 2.29. The number of benzene rings is 2. The molecule has 0 saturated heterocycles. The second-order valence-corrected chi connectivity index (χ2v) is 5.59. The van der Waals surface area contributed by atoms with Crippen LogP contribution in [0.1, 0.15) is 11.1 Å². The van der Waals surface area contributed by atoms with E-state index >= 15 is 0 Å². The molecule has 0 aliphatic heterocycles. The zero-order valence-corrected chi connectivity index (χ0v) is 13.0. The Balaban J connectivity index is 2.25. The van der Waals surface area contributed by atoms with E-state index in [1.807, 2.05) is 25.1 Å². The van der Waals surface area contributed by atoms with Gasteiger partial charge in [0, 0.05) is 22.8 Å². The second-order valence-electron chi connectivity index (χ2n) is 4.33. The van der Waals surface area contributed by atoms with Gasteiger partial charge in [-0.1, -0.05) is 23.7 Å². The molecule has 104 valence electrons. The largest absolute Gasteiger partial charge is 0.380 e. The summed E-state index contributed by atoms with van der Waals surface area (Å²) in [5.74, 6) is 0. The number of nitro benzene ring substituents is 1. The first-order chi connectivity index (χ1) is 9.49. The molecule has 0 saturated carbocycles. The fourth-order valence-corrected chi connectivity index (χ4v) is 2.71. The van der Waals surface area contributed by atoms with Crippen molar-refractivity contribution in [3.8, 4) is 0 Å². The summed E-state index contributed by atoms with van der Waals surface area (Å²) in [6.07, 6.45) is 0. The predicted octanol–water partition coefficient (Wildman–Crippen LogP) is 4.93. The van der Waals surface area contributed by atoms with E-state index in [9.17, 15) is 10.1 Å². The summed E-state index contributed by atoms with van der Waals surface area (Å²) in [5.41, 5.74) is 2.50. The zero-order valence-electron chi connectivity index (χ0n) is 10.7. The van der Waals surface area contributed by atoms with Crippen molar-refractivity contribution in [1.29, 1.82) is 0 Å². The van der Waals surface area contributed by atoms with Crippen LogP contribution in [0.3, 0.4) is 0 Å². The molecule has 0 aromatic heterocycles. The molecular weight excluding hydrogens is 344 g/mol. The standard InChI is InChI=1S/C14H12BrClN2O2/c1-9-5-6-13(11(15)7-9)17-8-10-12(16)3-2-4-14(10)18(19)20/h2-7,17H,8H2,1H3. The first-order valence-electron chi connectivity index (χ1n) is 5.91. The van der Waals surface area contributed by atoms with Crippen LogP contribution in [0, 0.1) is 17.0 Å². The number of halogens is 2. The molecule has 20 heavy (non-hydrogen) atoms. The lowest BCUT2D eigenvalue weighted by Crippen LogP contribution is -2.04. The number of nitrogens with zero attached hydrogens (tertiary/aromatic N) is 1. The molecule has 0 aliphatic rings. The number of hydrogen-bond donors (Lipinski definition) is 1. The topological polar surface area (TPSA) is 55.2 Å². The minimum atomic E-state index is -0.424. The Labute approximate surface area is 130 Å². The van der Waals surface area contributed by atoms with Crippen LogP contribution in [0.15, 0.2) is 40.9 Å². The van der Waals surface area contributed by atoms with Gasteiger partial charge >= 0.3 is 0 Å². The second kappa shape index (κ2) is 6.24. The monoisotopic (exact) mass is 354 g/mol. The molecular formula is C14H12BrClN2O2. The summed E-state index contributed by atoms with van der Waals surface area (Å²) in [6, 6.07) is 10.5. The van der Waals surface area contributed by atoms with Crippen LogP contribution < -0.4 is 5.32 Å². The van der Waals surface area contributed by atoms with Crippen LogP contribution >= 0.6 is 27.5 Å². The average molecular weight is 356 g/mol. The van der Waals surface area contributed by atoms with Gasteiger partial charge in [-0.3, -0.25) is 10.1 Å². The molecule has 0 atom stereocenters. The predicted molar refractivity (Wildman–Crippen MR) is 84.3 cm³/mol. The third-order valence-electron chi connectivity index (χ3n) is 2.87. The van der Waals surface area contributed by atoms with E-state index < -0.39 is 4.92 Å². The van der Waals surface area contributed by atoms with E-state index in [0.717, 1.165) is 15.7 Å². The average Bonchev–Trinajstić information content (AvgIpc) is 2.38. The van der Waals surface area contributed by atoms with Crippen molar-refractivity contribution in [3.63, 3.8) is 0 Å². The van der Waals surface area contributed by atoms with Gasteiger partial charge in [-0.15, -0.1) is 0 Å². The normalized spacial score (nSPS) is 10.3. The van der Waals surface area contributed by atoms with Crippen molar-refractivity contribution >= 4 is 38.9 Å². The van der Waals surface area contributed by atoms with Gasteiger partial charge in [0.2, 0.25) is 0 Å². The van der Waals surface area contributed by atoms with E-state index in [1.165, 1.54) is 6.07 Å². The van der Waals surface area contributed by atoms with Crippen molar-refractivity contribution in [2.75, 3.05) is 5.32 Å². The van der Waals surface area contributed by atoms with Crippen LogP contribution in [0.5, 0.6) is 0 Å². The Hall–Kier alpha value is -1.59. The van der Waals surface area contributed by atoms with Gasteiger partial charge in [-0.25, -0.2) is 0 Å². The van der Waals surface area contributed by atoms with Gasteiger partial charge in [0.25, 0.3) is 5.69 Å². The van der Waals surface area contributed by atoms with Crippen LogP contribution in [0.25, 0.3) is 0 Å². The lowest BCUT2D eigenvalue weighted by Gasteiger charge is -2.10. The minimum Gasteiger partial charge on any atom is -0.380 e. The molecule has 0 heterocycles. The molecule has 2 rings (SSSR count). The van der Waals surface area contributed by atoms with Crippen LogP contribution in [0.4, 0.5) is 11.4 Å². The quantitative estimate of drug-likeness (QED) is 0.625. The molecule has 0 fully saturated rings. The molecule has 2 aromatic rings. The number of nitrogens with one attached hydrogen (secondary N) is 1. The van der Waals surface area contributed by atoms with Crippen LogP contribution in [0.2, 0.25) is 5.02 Å². The van der Waals surface area contributed by atoms with Gasteiger partial charge in [0.05, 0.1) is 15.5 Å². The Morgan fingerprint density at radius 3 is 2.75 bits per heavy atom. The van der Waals surface area contributed by atoms with E-state index in [2.05, 4.69) is 21.2 Å². The van der Waals surface area contributed by atoms with Crippen molar-refractivity contribution in [1.82, 2.24) is 0 Å². The van der Waals surface area contributed by atoms with Gasteiger partial charge in [0.1, 0.15) is 0 Å².